The molecule has 0 bridgehead atoms. The first kappa shape index (κ1) is 11.0. The number of rotatable bonds is 1. The second-order valence-corrected chi connectivity index (χ2v) is 3.31. The summed E-state index contributed by atoms with van der Waals surface area (Å²) in [5, 5.41) is 0. The molecular weight excluding hydrogens is 198 g/mol. The minimum atomic E-state index is -0.0163. The van der Waals surface area contributed by atoms with Crippen LogP contribution < -0.4 is 5.73 Å². The number of aromatic nitrogens is 2. The van der Waals surface area contributed by atoms with Crippen LogP contribution in [0.15, 0.2) is 24.3 Å². The smallest absolute Gasteiger partial charge is 0.126 e. The molecule has 0 saturated carbocycles. The van der Waals surface area contributed by atoms with Gasteiger partial charge in [-0.1, -0.05) is 12.1 Å². The van der Waals surface area contributed by atoms with Crippen LogP contribution in [0.1, 0.15) is 18.8 Å². The van der Waals surface area contributed by atoms with Crippen molar-refractivity contribution in [2.24, 2.45) is 12.8 Å². The van der Waals surface area contributed by atoms with E-state index >= 15 is 0 Å². The molecule has 3 nitrogen and oxygen atoms in total. The number of benzene rings is 1. The van der Waals surface area contributed by atoms with Crippen LogP contribution in [0.25, 0.3) is 11.0 Å². The van der Waals surface area contributed by atoms with Gasteiger partial charge in [0, 0.05) is 7.05 Å². The van der Waals surface area contributed by atoms with Gasteiger partial charge in [-0.15, -0.1) is 12.4 Å². The van der Waals surface area contributed by atoms with Crippen LogP contribution in [0.3, 0.4) is 0 Å². The van der Waals surface area contributed by atoms with E-state index in [4.69, 9.17) is 5.73 Å². The molecule has 76 valence electrons. The zero-order valence-electron chi connectivity index (χ0n) is 8.27. The molecule has 0 aliphatic heterocycles. The summed E-state index contributed by atoms with van der Waals surface area (Å²) < 4.78 is 2.04. The van der Waals surface area contributed by atoms with Gasteiger partial charge >= 0.3 is 0 Å². The van der Waals surface area contributed by atoms with Gasteiger partial charge in [-0.2, -0.15) is 0 Å². The third-order valence-corrected chi connectivity index (χ3v) is 2.23. The molecule has 0 amide bonds. The van der Waals surface area contributed by atoms with E-state index in [9.17, 15) is 0 Å². The third-order valence-electron chi connectivity index (χ3n) is 2.23. The summed E-state index contributed by atoms with van der Waals surface area (Å²) in [6, 6.07) is 8.03. The minimum absolute atomic E-state index is 0. The van der Waals surface area contributed by atoms with Crippen molar-refractivity contribution in [2.75, 3.05) is 0 Å². The Balaban J connectivity index is 0.000000980. The summed E-state index contributed by atoms with van der Waals surface area (Å²) in [6.07, 6.45) is 0. The number of halogens is 1. The second kappa shape index (κ2) is 3.98. The maximum absolute atomic E-state index is 5.80. The van der Waals surface area contributed by atoms with Crippen LogP contribution >= 0.6 is 12.4 Å². The molecule has 0 fully saturated rings. The van der Waals surface area contributed by atoms with E-state index in [1.165, 1.54) is 0 Å². The van der Waals surface area contributed by atoms with Crippen LogP contribution in [0.4, 0.5) is 0 Å². The van der Waals surface area contributed by atoms with Crippen molar-refractivity contribution in [1.82, 2.24) is 9.55 Å². The van der Waals surface area contributed by atoms with Crippen molar-refractivity contribution >= 4 is 23.4 Å². The second-order valence-electron chi connectivity index (χ2n) is 3.31. The molecule has 1 atom stereocenters. The predicted octanol–water partition coefficient (Wildman–Crippen LogP) is 2.01. The van der Waals surface area contributed by atoms with E-state index in [1.54, 1.807) is 0 Å². The van der Waals surface area contributed by atoms with Gasteiger partial charge in [0.05, 0.1) is 17.1 Å². The lowest BCUT2D eigenvalue weighted by atomic mass is 10.3. The van der Waals surface area contributed by atoms with Crippen molar-refractivity contribution in [1.29, 1.82) is 0 Å². The number of fused-ring (bicyclic) bond motifs is 1. The first-order valence-corrected chi connectivity index (χ1v) is 4.37. The van der Waals surface area contributed by atoms with Crippen LogP contribution in [-0.4, -0.2) is 9.55 Å². The summed E-state index contributed by atoms with van der Waals surface area (Å²) in [7, 11) is 1.99. The molecule has 0 aliphatic rings. The normalized spacial score (nSPS) is 12.5. The number of imidazole rings is 1. The first-order valence-electron chi connectivity index (χ1n) is 4.37. The molecule has 4 heteroatoms. The maximum Gasteiger partial charge on any atom is 0.126 e. The molecule has 0 aliphatic carbocycles. The lowest BCUT2D eigenvalue weighted by Gasteiger charge is -2.04. The van der Waals surface area contributed by atoms with E-state index in [0.717, 1.165) is 16.9 Å². The fourth-order valence-corrected chi connectivity index (χ4v) is 1.57. The number of aryl methyl sites for hydroxylation is 1. The van der Waals surface area contributed by atoms with E-state index in [1.807, 2.05) is 42.8 Å². The average molecular weight is 212 g/mol. The molecular formula is C10H14ClN3. The van der Waals surface area contributed by atoms with Gasteiger partial charge in [0.25, 0.3) is 0 Å². The Hall–Kier alpha value is -1.06. The topological polar surface area (TPSA) is 43.8 Å². The van der Waals surface area contributed by atoms with Crippen molar-refractivity contribution in [2.45, 2.75) is 13.0 Å². The van der Waals surface area contributed by atoms with E-state index in [2.05, 4.69) is 4.98 Å². The summed E-state index contributed by atoms with van der Waals surface area (Å²) in [6.45, 7) is 1.95. The SMILES string of the molecule is C[C@H](N)c1nc2ccccc2n1C.Cl. The monoisotopic (exact) mass is 211 g/mol. The van der Waals surface area contributed by atoms with Gasteiger partial charge < -0.3 is 10.3 Å². The Morgan fingerprint density at radius 1 is 1.36 bits per heavy atom. The van der Waals surface area contributed by atoms with Crippen LogP contribution in [0.2, 0.25) is 0 Å². The van der Waals surface area contributed by atoms with Crippen LogP contribution in [0, 0.1) is 0 Å². The number of para-hydroxylation sites is 2. The number of hydrogen-bond donors (Lipinski definition) is 1. The number of nitrogens with zero attached hydrogens (tertiary/aromatic N) is 2. The molecule has 0 radical (unpaired) electrons. The van der Waals surface area contributed by atoms with Gasteiger partial charge in [0.1, 0.15) is 5.82 Å². The molecule has 2 rings (SSSR count). The quantitative estimate of drug-likeness (QED) is 0.785. The number of nitrogens with two attached hydrogens (primary N) is 1. The van der Waals surface area contributed by atoms with Crippen molar-refractivity contribution in [3.63, 3.8) is 0 Å². The Morgan fingerprint density at radius 2 is 2.00 bits per heavy atom. The highest BCUT2D eigenvalue weighted by Gasteiger charge is 2.09. The van der Waals surface area contributed by atoms with Gasteiger partial charge in [-0.25, -0.2) is 4.98 Å². The molecule has 1 aromatic heterocycles. The highest BCUT2D eigenvalue weighted by atomic mass is 35.5. The molecule has 2 aromatic rings. The summed E-state index contributed by atoms with van der Waals surface area (Å²) >= 11 is 0. The van der Waals surface area contributed by atoms with Crippen LogP contribution in [0.5, 0.6) is 0 Å². The van der Waals surface area contributed by atoms with Gasteiger partial charge in [0.15, 0.2) is 0 Å². The van der Waals surface area contributed by atoms with Crippen molar-refractivity contribution in [3.8, 4) is 0 Å². The lowest BCUT2D eigenvalue weighted by molar-refractivity contribution is 0.696. The third kappa shape index (κ3) is 1.61. The van der Waals surface area contributed by atoms with Gasteiger partial charge in [0.2, 0.25) is 0 Å². The zero-order chi connectivity index (χ0) is 9.42. The molecule has 1 aromatic carbocycles. The molecule has 14 heavy (non-hydrogen) atoms. The Bertz CT molecular complexity index is 434. The molecule has 1 heterocycles. The summed E-state index contributed by atoms with van der Waals surface area (Å²) in [5.74, 6) is 0.932. The minimum Gasteiger partial charge on any atom is -0.330 e. The molecule has 0 spiro atoms. The summed E-state index contributed by atoms with van der Waals surface area (Å²) in [4.78, 5) is 4.45. The van der Waals surface area contributed by atoms with E-state index in [0.29, 0.717) is 0 Å². The van der Waals surface area contributed by atoms with Crippen molar-refractivity contribution in [3.05, 3.63) is 30.1 Å². The number of hydrogen-bond acceptors (Lipinski definition) is 2. The predicted molar refractivity (Wildman–Crippen MR) is 60.6 cm³/mol. The average Bonchev–Trinajstić information content (AvgIpc) is 2.45. The van der Waals surface area contributed by atoms with Gasteiger partial charge in [-0.3, -0.25) is 0 Å². The van der Waals surface area contributed by atoms with Crippen LogP contribution in [-0.2, 0) is 7.05 Å². The highest BCUT2D eigenvalue weighted by Crippen LogP contribution is 2.17. The zero-order valence-corrected chi connectivity index (χ0v) is 9.08. The maximum atomic E-state index is 5.80. The van der Waals surface area contributed by atoms with E-state index in [-0.39, 0.29) is 18.4 Å². The molecule has 2 N–H and O–H groups in total. The van der Waals surface area contributed by atoms with Crippen molar-refractivity contribution < 1.29 is 0 Å². The molecule has 0 unspecified atom stereocenters. The lowest BCUT2D eigenvalue weighted by Crippen LogP contribution is -2.11. The van der Waals surface area contributed by atoms with Gasteiger partial charge in [-0.05, 0) is 19.1 Å². The highest BCUT2D eigenvalue weighted by molar-refractivity contribution is 5.85. The fraction of sp³-hybridized carbons (Fsp3) is 0.300. The summed E-state index contributed by atoms with van der Waals surface area (Å²) in [5.41, 5.74) is 7.94. The standard InChI is InChI=1S/C10H13N3.ClH/c1-7(11)10-12-8-5-3-4-6-9(8)13(10)2;/h3-7H,11H2,1-2H3;1H/t7-;/m0./s1. The largest absolute Gasteiger partial charge is 0.330 e. The molecule has 0 saturated heterocycles. The Morgan fingerprint density at radius 3 is 2.57 bits per heavy atom. The van der Waals surface area contributed by atoms with E-state index < -0.39 is 0 Å². The first-order chi connectivity index (χ1) is 6.20. The Kier molecular flexibility index (Phi) is 3.13. The Labute approximate surface area is 89.3 Å². The fourth-order valence-electron chi connectivity index (χ4n) is 1.57.